The first-order valence-electron chi connectivity index (χ1n) is 15.3. The number of aryl methyl sites for hydroxylation is 2. The molecule has 3 rings (SSSR count). The zero-order valence-corrected chi connectivity index (χ0v) is 26.8. The maximum atomic E-state index is 13.5. The average molecular weight is 616 g/mol. The van der Waals surface area contributed by atoms with Crippen molar-refractivity contribution in [2.24, 2.45) is 5.92 Å². The second-order valence-electron chi connectivity index (χ2n) is 11.8. The van der Waals surface area contributed by atoms with Crippen molar-refractivity contribution >= 4 is 21.8 Å². The van der Waals surface area contributed by atoms with E-state index in [1.54, 1.807) is 38.2 Å². The van der Waals surface area contributed by atoms with E-state index in [0.717, 1.165) is 30.4 Å². The van der Waals surface area contributed by atoms with E-state index in [9.17, 15) is 23.1 Å². The average Bonchev–Trinajstić information content (AvgIpc) is 2.98. The van der Waals surface area contributed by atoms with Crippen LogP contribution in [0.5, 0.6) is 0 Å². The van der Waals surface area contributed by atoms with Crippen LogP contribution in [0.15, 0.2) is 53.4 Å². The van der Waals surface area contributed by atoms with Crippen molar-refractivity contribution in [3.05, 3.63) is 65.2 Å². The Hall–Kier alpha value is -2.83. The van der Waals surface area contributed by atoms with Crippen molar-refractivity contribution in [3.8, 4) is 0 Å². The third-order valence-electron chi connectivity index (χ3n) is 8.09. The van der Waals surface area contributed by atoms with E-state index >= 15 is 0 Å². The Bertz CT molecular complexity index is 1300. The van der Waals surface area contributed by atoms with Gasteiger partial charge in [-0.2, -0.15) is 0 Å². The molecule has 10 nitrogen and oxygen atoms in total. The summed E-state index contributed by atoms with van der Waals surface area (Å²) in [7, 11) is -1.95. The van der Waals surface area contributed by atoms with Gasteiger partial charge in [0.25, 0.3) is 0 Å². The first-order valence-corrected chi connectivity index (χ1v) is 16.8. The summed E-state index contributed by atoms with van der Waals surface area (Å²) in [6, 6.07) is 12.9. The van der Waals surface area contributed by atoms with E-state index in [1.807, 2.05) is 32.9 Å². The Morgan fingerprint density at radius 1 is 0.977 bits per heavy atom. The third kappa shape index (κ3) is 10.1. The first kappa shape index (κ1) is 34.7. The highest BCUT2D eigenvalue weighted by molar-refractivity contribution is 7.89. The number of benzene rings is 2. The van der Waals surface area contributed by atoms with Gasteiger partial charge in [-0.3, -0.25) is 14.9 Å². The zero-order chi connectivity index (χ0) is 31.6. The van der Waals surface area contributed by atoms with Crippen molar-refractivity contribution in [1.82, 2.24) is 26.0 Å². The number of rotatable bonds is 16. The number of sulfonamides is 1. The van der Waals surface area contributed by atoms with E-state index in [1.165, 1.54) is 5.56 Å². The molecule has 1 aliphatic rings. The lowest BCUT2D eigenvalue weighted by molar-refractivity contribution is -0.131. The van der Waals surface area contributed by atoms with E-state index in [-0.39, 0.29) is 35.2 Å². The summed E-state index contributed by atoms with van der Waals surface area (Å²) in [5.41, 5.74) is 3.38. The number of nitrogens with one attached hydrogen (secondary N) is 5. The van der Waals surface area contributed by atoms with Crippen LogP contribution in [0.3, 0.4) is 0 Å². The van der Waals surface area contributed by atoms with Gasteiger partial charge in [0.05, 0.1) is 17.0 Å². The molecule has 11 heteroatoms. The second kappa shape index (κ2) is 16.3. The summed E-state index contributed by atoms with van der Waals surface area (Å²) in [6.45, 7) is 7.56. The highest BCUT2D eigenvalue weighted by Gasteiger charge is 2.31. The molecule has 0 aromatic heterocycles. The predicted molar refractivity (Wildman–Crippen MR) is 169 cm³/mol. The van der Waals surface area contributed by atoms with Crippen LogP contribution < -0.4 is 26.0 Å². The van der Waals surface area contributed by atoms with Crippen LogP contribution in [0.25, 0.3) is 0 Å². The largest absolute Gasteiger partial charge is 0.376 e. The topological polar surface area (TPSA) is 149 Å². The number of likely N-dealkylation sites (N-methyl/N-ethyl adjacent to an activating group) is 1. The number of aliphatic hydroxyl groups is 1. The summed E-state index contributed by atoms with van der Waals surface area (Å²) in [5, 5.41) is 23.4. The van der Waals surface area contributed by atoms with Crippen LogP contribution in [-0.4, -0.2) is 63.3 Å². The third-order valence-corrected chi connectivity index (χ3v) is 9.57. The molecule has 0 spiro atoms. The summed E-state index contributed by atoms with van der Waals surface area (Å²) in [4.78, 5) is 26.2. The van der Waals surface area contributed by atoms with Gasteiger partial charge in [0, 0.05) is 12.6 Å². The van der Waals surface area contributed by atoms with Gasteiger partial charge in [-0.05, 0) is 88.6 Å². The summed E-state index contributed by atoms with van der Waals surface area (Å²) >= 11 is 0. The standard InChI is InChI=1S/C32H49N5O5S/c1-21(2)29(37-30(38)23(4)33-5)32(40)36-28(31(39)35-27-15-10-12-24-11-6-7-13-26(24)27)14-8-9-20-34-43(41,42)25-18-16-22(3)17-19-25/h6-7,11,13,16-19,21,23,27-29,31,33-35,39H,8-10,12,14-15,20H2,1-5H3,(H,36,40)(H,37,38)/t23-,27?,28-,29-,31?/m0/s1. The van der Waals surface area contributed by atoms with Gasteiger partial charge < -0.3 is 21.1 Å². The number of unbranched alkanes of at least 4 members (excludes halogenated alkanes) is 1. The number of carbonyl (C=O) groups excluding carboxylic acids is 2. The van der Waals surface area contributed by atoms with Gasteiger partial charge in [0.15, 0.2) is 0 Å². The van der Waals surface area contributed by atoms with Crippen molar-refractivity contribution in [2.45, 2.75) is 102 Å². The van der Waals surface area contributed by atoms with Gasteiger partial charge in [-0.1, -0.05) is 55.8 Å². The molecule has 238 valence electrons. The van der Waals surface area contributed by atoms with Gasteiger partial charge in [-0.15, -0.1) is 0 Å². The van der Waals surface area contributed by atoms with E-state index in [2.05, 4.69) is 38.1 Å². The molecule has 0 saturated carbocycles. The number of aliphatic hydroxyl groups excluding tert-OH is 1. The summed E-state index contributed by atoms with van der Waals surface area (Å²) in [6.07, 6.45) is 3.27. The molecule has 2 aromatic carbocycles. The highest BCUT2D eigenvalue weighted by Crippen LogP contribution is 2.30. The molecule has 2 amide bonds. The number of fused-ring (bicyclic) bond motifs is 1. The molecule has 0 radical (unpaired) electrons. The molecule has 6 N–H and O–H groups in total. The highest BCUT2D eigenvalue weighted by atomic mass is 32.2. The first-order chi connectivity index (χ1) is 20.4. The lowest BCUT2D eigenvalue weighted by Gasteiger charge is -2.33. The minimum Gasteiger partial charge on any atom is -0.376 e. The molecular formula is C32H49N5O5S. The van der Waals surface area contributed by atoms with Gasteiger partial charge in [-0.25, -0.2) is 13.1 Å². The fraction of sp³-hybridized carbons (Fsp3) is 0.562. The molecule has 43 heavy (non-hydrogen) atoms. The Labute approximate surface area is 256 Å². The number of hydrogen-bond donors (Lipinski definition) is 6. The molecule has 0 aliphatic heterocycles. The molecule has 0 heterocycles. The monoisotopic (exact) mass is 615 g/mol. The molecule has 2 unspecified atom stereocenters. The normalized spacial score (nSPS) is 17.9. The lowest BCUT2D eigenvalue weighted by atomic mass is 9.87. The molecule has 2 aromatic rings. The second-order valence-corrected chi connectivity index (χ2v) is 13.6. The molecule has 0 bridgehead atoms. The fourth-order valence-corrected chi connectivity index (χ4v) is 6.35. The van der Waals surface area contributed by atoms with Crippen LogP contribution in [0, 0.1) is 12.8 Å². The maximum Gasteiger partial charge on any atom is 0.243 e. The number of carbonyl (C=O) groups is 2. The van der Waals surface area contributed by atoms with E-state index in [4.69, 9.17) is 0 Å². The summed E-state index contributed by atoms with van der Waals surface area (Å²) < 4.78 is 28.0. The minimum absolute atomic E-state index is 0.0576. The van der Waals surface area contributed by atoms with Crippen molar-refractivity contribution in [1.29, 1.82) is 0 Å². The number of amides is 2. The summed E-state index contributed by atoms with van der Waals surface area (Å²) in [5.74, 6) is -0.840. The van der Waals surface area contributed by atoms with Crippen molar-refractivity contribution in [3.63, 3.8) is 0 Å². The Morgan fingerprint density at radius 3 is 2.35 bits per heavy atom. The van der Waals surface area contributed by atoms with Crippen molar-refractivity contribution in [2.75, 3.05) is 13.6 Å². The molecule has 1 aliphatic carbocycles. The van der Waals surface area contributed by atoms with Gasteiger partial charge in [0.1, 0.15) is 12.3 Å². The Morgan fingerprint density at radius 2 is 1.67 bits per heavy atom. The van der Waals surface area contributed by atoms with Crippen LogP contribution in [-0.2, 0) is 26.0 Å². The fourth-order valence-electron chi connectivity index (χ4n) is 5.27. The quantitative estimate of drug-likeness (QED) is 0.126. The molecule has 0 fully saturated rings. The lowest BCUT2D eigenvalue weighted by Crippen LogP contribution is -2.58. The molecule has 5 atom stereocenters. The van der Waals surface area contributed by atoms with Crippen LogP contribution in [0.2, 0.25) is 0 Å². The SMILES string of the molecule is CN[C@@H](C)C(=O)N[C@H](C(=O)N[C@@H](CCCCNS(=O)(=O)c1ccc(C)cc1)C(O)NC1CCCc2ccccc21)C(C)C. The zero-order valence-electron chi connectivity index (χ0n) is 26.0. The van der Waals surface area contributed by atoms with Crippen LogP contribution >= 0.6 is 0 Å². The Kier molecular flexibility index (Phi) is 13.1. The van der Waals surface area contributed by atoms with Crippen LogP contribution in [0.1, 0.15) is 75.6 Å². The van der Waals surface area contributed by atoms with Gasteiger partial charge >= 0.3 is 0 Å². The molecular weight excluding hydrogens is 566 g/mol. The molecule has 0 saturated heterocycles. The smallest absolute Gasteiger partial charge is 0.243 e. The van der Waals surface area contributed by atoms with E-state index in [0.29, 0.717) is 19.3 Å². The minimum atomic E-state index is -3.63. The maximum absolute atomic E-state index is 13.5. The van der Waals surface area contributed by atoms with Gasteiger partial charge in [0.2, 0.25) is 21.8 Å². The van der Waals surface area contributed by atoms with Crippen molar-refractivity contribution < 1.29 is 23.1 Å². The Balaban J connectivity index is 1.67. The predicted octanol–water partition coefficient (Wildman–Crippen LogP) is 2.66. The van der Waals surface area contributed by atoms with E-state index < -0.39 is 34.4 Å². The van der Waals surface area contributed by atoms with Crippen LogP contribution in [0.4, 0.5) is 0 Å². The number of hydrogen-bond acceptors (Lipinski definition) is 7.